The molecule has 0 spiro atoms. The molecule has 0 fully saturated rings. The van der Waals surface area contributed by atoms with Gasteiger partial charge in [0, 0.05) is 12.6 Å². The van der Waals surface area contributed by atoms with Gasteiger partial charge in [0.2, 0.25) is 0 Å². The molecule has 2 aromatic rings. The Balaban J connectivity index is 2.15. The van der Waals surface area contributed by atoms with Gasteiger partial charge in [-0.1, -0.05) is 35.9 Å². The Hall–Kier alpha value is -2.29. The second-order valence-electron chi connectivity index (χ2n) is 4.65. The first-order valence-corrected chi connectivity index (χ1v) is 6.25. The fourth-order valence-corrected chi connectivity index (χ4v) is 1.91. The van der Waals surface area contributed by atoms with Crippen LogP contribution in [0.3, 0.4) is 0 Å². The fraction of sp³-hybridized carbons (Fsp3) is 0.188. The van der Waals surface area contributed by atoms with Crippen LogP contribution < -0.4 is 10.4 Å². The van der Waals surface area contributed by atoms with E-state index in [1.807, 2.05) is 69.4 Å². The van der Waals surface area contributed by atoms with Gasteiger partial charge in [-0.05, 0) is 37.6 Å². The van der Waals surface area contributed by atoms with Gasteiger partial charge in [-0.25, -0.2) is 0 Å². The number of aryl methyl sites for hydroxylation is 2. The predicted molar refractivity (Wildman–Crippen MR) is 78.2 cm³/mol. The molecule has 0 unspecified atom stereocenters. The third kappa shape index (κ3) is 3.13. The smallest absolute Gasteiger partial charge is 0.270 e. The maximum Gasteiger partial charge on any atom is 0.270 e. The van der Waals surface area contributed by atoms with Gasteiger partial charge in [0.25, 0.3) is 5.91 Å². The molecule has 0 heterocycles. The van der Waals surface area contributed by atoms with Gasteiger partial charge < -0.3 is 0 Å². The summed E-state index contributed by atoms with van der Waals surface area (Å²) in [6, 6.07) is 15.6. The third-order valence-electron chi connectivity index (χ3n) is 3.05. The van der Waals surface area contributed by atoms with Crippen LogP contribution in [-0.2, 0) is 0 Å². The van der Waals surface area contributed by atoms with Crippen LogP contribution >= 0.6 is 0 Å². The van der Waals surface area contributed by atoms with E-state index in [2.05, 4.69) is 5.43 Å². The summed E-state index contributed by atoms with van der Waals surface area (Å²) < 4.78 is 0. The van der Waals surface area contributed by atoms with Crippen LogP contribution in [0.4, 0.5) is 5.69 Å². The quantitative estimate of drug-likeness (QED) is 0.854. The zero-order chi connectivity index (χ0) is 13.8. The number of carbonyl (C=O) groups is 1. The number of benzene rings is 2. The molecule has 1 N–H and O–H groups in total. The first-order valence-electron chi connectivity index (χ1n) is 6.25. The second kappa shape index (κ2) is 5.57. The van der Waals surface area contributed by atoms with Crippen LogP contribution in [0.25, 0.3) is 0 Å². The number of amides is 1. The molecule has 0 aliphatic carbocycles. The van der Waals surface area contributed by atoms with Crippen LogP contribution in [0.2, 0.25) is 0 Å². The van der Waals surface area contributed by atoms with Crippen molar-refractivity contribution in [2.24, 2.45) is 0 Å². The molecule has 0 saturated heterocycles. The lowest BCUT2D eigenvalue weighted by Crippen LogP contribution is -2.39. The Morgan fingerprint density at radius 1 is 1.05 bits per heavy atom. The minimum Gasteiger partial charge on any atom is -0.288 e. The average Bonchev–Trinajstić information content (AvgIpc) is 2.42. The van der Waals surface area contributed by atoms with Gasteiger partial charge >= 0.3 is 0 Å². The standard InChI is InChI=1S/C16H18N2O/c1-12-9-10-13(2)15(11-12)16(19)17-18(3)14-7-5-4-6-8-14/h4-11H,1-3H3,(H,17,19). The monoisotopic (exact) mass is 254 g/mol. The summed E-state index contributed by atoms with van der Waals surface area (Å²) in [6.07, 6.45) is 0. The summed E-state index contributed by atoms with van der Waals surface area (Å²) in [5.74, 6) is -0.0902. The molecule has 0 aromatic heterocycles. The van der Waals surface area contributed by atoms with E-state index in [0.717, 1.165) is 16.8 Å². The van der Waals surface area contributed by atoms with Crippen molar-refractivity contribution in [2.75, 3.05) is 12.1 Å². The topological polar surface area (TPSA) is 32.3 Å². The van der Waals surface area contributed by atoms with Crippen LogP contribution in [0.5, 0.6) is 0 Å². The molecule has 3 nitrogen and oxygen atoms in total. The molecular formula is C16H18N2O. The summed E-state index contributed by atoms with van der Waals surface area (Å²) in [6.45, 7) is 3.92. The van der Waals surface area contributed by atoms with Crippen molar-refractivity contribution in [2.45, 2.75) is 13.8 Å². The lowest BCUT2D eigenvalue weighted by Gasteiger charge is -2.20. The maximum atomic E-state index is 12.2. The molecule has 0 aliphatic rings. The highest BCUT2D eigenvalue weighted by Gasteiger charge is 2.11. The summed E-state index contributed by atoms with van der Waals surface area (Å²) in [5, 5.41) is 1.73. The summed E-state index contributed by atoms with van der Waals surface area (Å²) >= 11 is 0. The Labute approximate surface area is 113 Å². The van der Waals surface area contributed by atoms with E-state index < -0.39 is 0 Å². The molecule has 1 amide bonds. The Kier molecular flexibility index (Phi) is 3.85. The van der Waals surface area contributed by atoms with Crippen molar-refractivity contribution in [3.63, 3.8) is 0 Å². The third-order valence-corrected chi connectivity index (χ3v) is 3.05. The van der Waals surface area contributed by atoms with Gasteiger partial charge in [0.05, 0.1) is 5.69 Å². The average molecular weight is 254 g/mol. The minimum absolute atomic E-state index is 0.0902. The fourth-order valence-electron chi connectivity index (χ4n) is 1.91. The molecule has 2 rings (SSSR count). The number of nitrogens with zero attached hydrogens (tertiary/aromatic N) is 1. The Morgan fingerprint density at radius 3 is 2.42 bits per heavy atom. The van der Waals surface area contributed by atoms with E-state index >= 15 is 0 Å². The number of para-hydroxylation sites is 1. The normalized spacial score (nSPS) is 10.1. The largest absolute Gasteiger partial charge is 0.288 e. The van der Waals surface area contributed by atoms with Crippen molar-refractivity contribution < 1.29 is 4.79 Å². The van der Waals surface area contributed by atoms with Gasteiger partial charge in [-0.2, -0.15) is 0 Å². The van der Waals surface area contributed by atoms with Crippen LogP contribution in [0.15, 0.2) is 48.5 Å². The molecule has 0 saturated carbocycles. The summed E-state index contributed by atoms with van der Waals surface area (Å²) in [7, 11) is 1.83. The van der Waals surface area contributed by atoms with Gasteiger partial charge in [0.15, 0.2) is 0 Å². The van der Waals surface area contributed by atoms with E-state index in [9.17, 15) is 4.79 Å². The molecule has 0 atom stereocenters. The first kappa shape index (κ1) is 13.1. The van der Waals surface area contributed by atoms with E-state index in [-0.39, 0.29) is 5.91 Å². The van der Waals surface area contributed by atoms with E-state index in [0.29, 0.717) is 5.56 Å². The van der Waals surface area contributed by atoms with E-state index in [1.165, 1.54) is 0 Å². The minimum atomic E-state index is -0.0902. The number of rotatable bonds is 3. The molecule has 98 valence electrons. The number of hydrogen-bond acceptors (Lipinski definition) is 2. The number of nitrogens with one attached hydrogen (secondary N) is 1. The summed E-state index contributed by atoms with van der Waals surface area (Å²) in [5.41, 5.74) is 6.59. The Bertz CT molecular complexity index is 579. The molecule has 0 radical (unpaired) electrons. The van der Waals surface area contributed by atoms with Crippen molar-refractivity contribution in [1.29, 1.82) is 0 Å². The highest BCUT2D eigenvalue weighted by molar-refractivity contribution is 5.96. The molecular weight excluding hydrogens is 236 g/mol. The van der Waals surface area contributed by atoms with Crippen molar-refractivity contribution in [3.8, 4) is 0 Å². The Morgan fingerprint density at radius 2 is 1.74 bits per heavy atom. The number of carbonyl (C=O) groups excluding carboxylic acids is 1. The number of hydrogen-bond donors (Lipinski definition) is 1. The van der Waals surface area contributed by atoms with Crippen LogP contribution in [-0.4, -0.2) is 13.0 Å². The maximum absolute atomic E-state index is 12.2. The van der Waals surface area contributed by atoms with Crippen LogP contribution in [0, 0.1) is 13.8 Å². The van der Waals surface area contributed by atoms with E-state index in [1.54, 1.807) is 5.01 Å². The molecule has 0 aliphatic heterocycles. The predicted octanol–water partition coefficient (Wildman–Crippen LogP) is 3.08. The highest BCUT2D eigenvalue weighted by atomic mass is 16.2. The molecule has 19 heavy (non-hydrogen) atoms. The second-order valence-corrected chi connectivity index (χ2v) is 4.65. The van der Waals surface area contributed by atoms with Crippen LogP contribution in [0.1, 0.15) is 21.5 Å². The van der Waals surface area contributed by atoms with Gasteiger partial charge in [0.1, 0.15) is 0 Å². The van der Waals surface area contributed by atoms with E-state index in [4.69, 9.17) is 0 Å². The summed E-state index contributed by atoms with van der Waals surface area (Å²) in [4.78, 5) is 12.2. The number of anilines is 1. The first-order chi connectivity index (χ1) is 9.08. The highest BCUT2D eigenvalue weighted by Crippen LogP contribution is 2.12. The van der Waals surface area contributed by atoms with Gasteiger partial charge in [-0.3, -0.25) is 15.2 Å². The molecule has 3 heteroatoms. The molecule has 2 aromatic carbocycles. The zero-order valence-electron chi connectivity index (χ0n) is 11.5. The lowest BCUT2D eigenvalue weighted by atomic mass is 10.1. The van der Waals surface area contributed by atoms with Gasteiger partial charge in [-0.15, -0.1) is 0 Å². The van der Waals surface area contributed by atoms with Crippen molar-refractivity contribution in [1.82, 2.24) is 5.43 Å². The van der Waals surface area contributed by atoms with Crippen molar-refractivity contribution >= 4 is 11.6 Å². The molecule has 0 bridgehead atoms. The van der Waals surface area contributed by atoms with Crippen molar-refractivity contribution in [3.05, 3.63) is 65.2 Å². The zero-order valence-corrected chi connectivity index (χ0v) is 11.5. The SMILES string of the molecule is Cc1ccc(C)c(C(=O)NN(C)c2ccccc2)c1. The lowest BCUT2D eigenvalue weighted by molar-refractivity contribution is 0.0951. The number of hydrazine groups is 1.